The molecule has 1 N–H and O–H groups in total. The summed E-state index contributed by atoms with van der Waals surface area (Å²) in [4.78, 5) is 0. The van der Waals surface area contributed by atoms with Crippen LogP contribution in [0.3, 0.4) is 0 Å². The van der Waals surface area contributed by atoms with Crippen LogP contribution in [-0.2, 0) is 6.54 Å². The minimum Gasteiger partial charge on any atom is -1.00 e. The van der Waals surface area contributed by atoms with Gasteiger partial charge >= 0.3 is 0 Å². The van der Waals surface area contributed by atoms with E-state index in [1.807, 2.05) is 10.8 Å². The molecule has 4 heteroatoms. The summed E-state index contributed by atoms with van der Waals surface area (Å²) in [6, 6.07) is 3.41. The Labute approximate surface area is 76.8 Å². The van der Waals surface area contributed by atoms with Crippen LogP contribution in [-0.4, -0.2) is 11.0 Å². The van der Waals surface area contributed by atoms with E-state index in [-0.39, 0.29) is 18.2 Å². The number of nitrogens with zero attached hydrogens (tertiary/aromatic N) is 1. The number of halogens is 2. The highest BCUT2D eigenvalue weighted by molar-refractivity contribution is 6.17. The van der Waals surface area contributed by atoms with Crippen LogP contribution in [0.5, 0.6) is 5.75 Å². The summed E-state index contributed by atoms with van der Waals surface area (Å²) in [6.45, 7) is 0.732. The Balaban J connectivity index is 0.000001000. The standard InChI is InChI=1S/C7H8ClNO.ClH/c8-3-5-9-4-1-2-7(10)6-9;/h1-2,4,6H,3,5H2;1H. The molecule has 0 amide bonds. The first-order chi connectivity index (χ1) is 4.83. The van der Waals surface area contributed by atoms with E-state index in [9.17, 15) is 0 Å². The molecule has 0 radical (unpaired) electrons. The number of aromatic hydroxyl groups is 1. The third-order valence-electron chi connectivity index (χ3n) is 1.19. The van der Waals surface area contributed by atoms with E-state index in [2.05, 4.69) is 0 Å². The third kappa shape index (κ3) is 3.44. The minimum absolute atomic E-state index is 0. The van der Waals surface area contributed by atoms with Crippen LogP contribution in [0.2, 0.25) is 0 Å². The van der Waals surface area contributed by atoms with Crippen LogP contribution in [0.4, 0.5) is 0 Å². The average molecular weight is 194 g/mol. The van der Waals surface area contributed by atoms with Gasteiger partial charge in [-0.3, -0.25) is 0 Å². The molecule has 2 nitrogen and oxygen atoms in total. The van der Waals surface area contributed by atoms with Gasteiger partial charge in [-0.1, -0.05) is 0 Å². The summed E-state index contributed by atoms with van der Waals surface area (Å²) in [7, 11) is 0. The molecule has 0 bridgehead atoms. The summed E-state index contributed by atoms with van der Waals surface area (Å²) < 4.78 is 1.84. The molecular weight excluding hydrogens is 185 g/mol. The molecule has 0 aliphatic rings. The van der Waals surface area contributed by atoms with Crippen molar-refractivity contribution in [3.63, 3.8) is 0 Å². The Kier molecular flexibility index (Phi) is 4.99. The summed E-state index contributed by atoms with van der Waals surface area (Å²) in [5, 5.41) is 8.98. The molecule has 1 heterocycles. The van der Waals surface area contributed by atoms with E-state index in [1.54, 1.807) is 18.3 Å². The van der Waals surface area contributed by atoms with Crippen molar-refractivity contribution < 1.29 is 22.1 Å². The smallest absolute Gasteiger partial charge is 0.210 e. The zero-order valence-electron chi connectivity index (χ0n) is 5.87. The van der Waals surface area contributed by atoms with Crippen molar-refractivity contribution in [3.8, 4) is 5.75 Å². The van der Waals surface area contributed by atoms with Crippen molar-refractivity contribution in [1.29, 1.82) is 0 Å². The summed E-state index contributed by atoms with van der Waals surface area (Å²) in [6.07, 6.45) is 3.50. The van der Waals surface area contributed by atoms with Crippen molar-refractivity contribution in [1.82, 2.24) is 0 Å². The number of pyridine rings is 1. The quantitative estimate of drug-likeness (QED) is 0.424. The van der Waals surface area contributed by atoms with E-state index in [0.717, 1.165) is 6.54 Å². The molecule has 62 valence electrons. The van der Waals surface area contributed by atoms with Crippen LogP contribution < -0.4 is 17.0 Å². The zero-order valence-corrected chi connectivity index (χ0v) is 7.39. The number of aryl methyl sites for hydroxylation is 1. The number of hydrogen-bond donors (Lipinski definition) is 1. The molecule has 1 aromatic rings. The van der Waals surface area contributed by atoms with E-state index in [1.165, 1.54) is 0 Å². The molecule has 0 saturated heterocycles. The van der Waals surface area contributed by atoms with Crippen LogP contribution in [0.1, 0.15) is 0 Å². The molecule has 1 rings (SSSR count). The number of hydrogen-bond acceptors (Lipinski definition) is 1. The first-order valence-electron chi connectivity index (χ1n) is 3.07. The van der Waals surface area contributed by atoms with Gasteiger partial charge in [0, 0.05) is 6.07 Å². The van der Waals surface area contributed by atoms with Crippen molar-refractivity contribution in [2.45, 2.75) is 6.54 Å². The van der Waals surface area contributed by atoms with Gasteiger partial charge < -0.3 is 17.5 Å². The fraction of sp³-hybridized carbons (Fsp3) is 0.286. The molecule has 0 saturated carbocycles. The van der Waals surface area contributed by atoms with Crippen LogP contribution in [0.25, 0.3) is 0 Å². The molecular formula is C7H9Cl2NO. The van der Waals surface area contributed by atoms with Gasteiger partial charge in [0.15, 0.2) is 18.5 Å². The Morgan fingerprint density at radius 2 is 2.27 bits per heavy atom. The average Bonchev–Trinajstić information content (AvgIpc) is 1.88. The van der Waals surface area contributed by atoms with Crippen molar-refractivity contribution >= 4 is 11.6 Å². The lowest BCUT2D eigenvalue weighted by molar-refractivity contribution is -0.693. The lowest BCUT2D eigenvalue weighted by Gasteiger charge is -1.91. The van der Waals surface area contributed by atoms with Gasteiger partial charge in [0.1, 0.15) is 0 Å². The van der Waals surface area contributed by atoms with Crippen LogP contribution >= 0.6 is 11.6 Å². The molecule has 0 spiro atoms. The second kappa shape index (κ2) is 5.22. The second-order valence-corrected chi connectivity index (χ2v) is 2.37. The highest BCUT2D eigenvalue weighted by atomic mass is 35.5. The third-order valence-corrected chi connectivity index (χ3v) is 1.35. The molecule has 11 heavy (non-hydrogen) atoms. The van der Waals surface area contributed by atoms with Gasteiger partial charge in [0.2, 0.25) is 6.20 Å². The van der Waals surface area contributed by atoms with E-state index in [0.29, 0.717) is 5.88 Å². The molecule has 0 aromatic carbocycles. The van der Waals surface area contributed by atoms with Gasteiger partial charge in [0.25, 0.3) is 0 Å². The molecule has 0 atom stereocenters. The minimum atomic E-state index is 0. The molecule has 0 aliphatic heterocycles. The van der Waals surface area contributed by atoms with Gasteiger partial charge in [-0.2, -0.15) is 0 Å². The first-order valence-corrected chi connectivity index (χ1v) is 3.60. The number of alkyl halides is 1. The fourth-order valence-corrected chi connectivity index (χ4v) is 0.940. The first kappa shape index (κ1) is 10.5. The Hall–Kier alpha value is -0.470. The Bertz CT molecular complexity index is 217. The van der Waals surface area contributed by atoms with Crippen molar-refractivity contribution in [3.05, 3.63) is 24.5 Å². The predicted molar refractivity (Wildman–Crippen MR) is 39.0 cm³/mol. The molecule has 0 fully saturated rings. The lowest BCUT2D eigenvalue weighted by Crippen LogP contribution is -3.00. The molecule has 0 aliphatic carbocycles. The molecule has 1 aromatic heterocycles. The van der Waals surface area contributed by atoms with Crippen molar-refractivity contribution in [2.75, 3.05) is 5.88 Å². The summed E-state index contributed by atoms with van der Waals surface area (Å²) in [5.74, 6) is 0.835. The topological polar surface area (TPSA) is 24.1 Å². The fourth-order valence-electron chi connectivity index (χ4n) is 0.745. The maximum atomic E-state index is 8.98. The van der Waals surface area contributed by atoms with Crippen LogP contribution in [0, 0.1) is 0 Å². The zero-order chi connectivity index (χ0) is 7.40. The molecule has 0 unspecified atom stereocenters. The Morgan fingerprint density at radius 1 is 1.55 bits per heavy atom. The van der Waals surface area contributed by atoms with Gasteiger partial charge in [0.05, 0.1) is 5.88 Å². The van der Waals surface area contributed by atoms with Crippen molar-refractivity contribution in [2.24, 2.45) is 0 Å². The largest absolute Gasteiger partial charge is 1.00 e. The van der Waals surface area contributed by atoms with E-state index >= 15 is 0 Å². The summed E-state index contributed by atoms with van der Waals surface area (Å²) in [5.41, 5.74) is 0. The Morgan fingerprint density at radius 3 is 2.82 bits per heavy atom. The lowest BCUT2D eigenvalue weighted by atomic mass is 10.4. The van der Waals surface area contributed by atoms with Gasteiger partial charge in [-0.15, -0.1) is 11.6 Å². The highest BCUT2D eigenvalue weighted by Gasteiger charge is 1.97. The van der Waals surface area contributed by atoms with E-state index in [4.69, 9.17) is 16.7 Å². The maximum Gasteiger partial charge on any atom is 0.210 e. The number of aromatic nitrogens is 1. The SMILES string of the molecule is Oc1ccc[n+](CCCl)c1.[Cl-]. The van der Waals surface area contributed by atoms with Crippen LogP contribution in [0.15, 0.2) is 24.5 Å². The van der Waals surface area contributed by atoms with Gasteiger partial charge in [-0.25, -0.2) is 4.57 Å². The normalized spacial score (nSPS) is 8.82. The predicted octanol–water partition coefficient (Wildman–Crippen LogP) is -2.08. The number of rotatable bonds is 2. The van der Waals surface area contributed by atoms with Gasteiger partial charge in [-0.05, 0) is 6.07 Å². The highest BCUT2D eigenvalue weighted by Crippen LogP contribution is 1.99. The van der Waals surface area contributed by atoms with E-state index < -0.39 is 0 Å². The maximum absolute atomic E-state index is 8.98. The second-order valence-electron chi connectivity index (χ2n) is 1.99. The monoisotopic (exact) mass is 193 g/mol. The summed E-state index contributed by atoms with van der Waals surface area (Å²) >= 11 is 5.49.